The van der Waals surface area contributed by atoms with Crippen molar-refractivity contribution in [2.24, 2.45) is 0 Å². The summed E-state index contributed by atoms with van der Waals surface area (Å²) in [6.07, 6.45) is 5.03. The van der Waals surface area contributed by atoms with Gasteiger partial charge in [0.05, 0.1) is 0 Å². The molecule has 2 aromatic rings. The molecule has 0 spiro atoms. The van der Waals surface area contributed by atoms with Crippen LogP contribution in [0, 0.1) is 0 Å². The monoisotopic (exact) mass is 277 g/mol. The molecule has 1 aliphatic rings. The van der Waals surface area contributed by atoms with E-state index in [4.69, 9.17) is 11.6 Å². The topological polar surface area (TPSA) is 79.8 Å². The summed E-state index contributed by atoms with van der Waals surface area (Å²) in [6.45, 7) is 0.728. The van der Waals surface area contributed by atoms with Gasteiger partial charge in [-0.05, 0) is 18.9 Å². The van der Waals surface area contributed by atoms with Crippen LogP contribution >= 0.6 is 11.6 Å². The van der Waals surface area contributed by atoms with Crippen molar-refractivity contribution in [1.82, 2.24) is 20.5 Å². The Labute approximate surface area is 114 Å². The van der Waals surface area contributed by atoms with E-state index in [1.54, 1.807) is 18.5 Å². The van der Waals surface area contributed by atoms with Crippen molar-refractivity contribution in [1.29, 1.82) is 0 Å². The molecular formula is C12H12ClN5O. The molecule has 0 aromatic carbocycles. The van der Waals surface area contributed by atoms with Crippen molar-refractivity contribution in [2.45, 2.75) is 18.9 Å². The van der Waals surface area contributed by atoms with E-state index in [0.29, 0.717) is 11.0 Å². The predicted molar refractivity (Wildman–Crippen MR) is 72.0 cm³/mol. The highest BCUT2D eigenvalue weighted by atomic mass is 35.5. The number of carbonyl (C=O) groups is 1. The lowest BCUT2D eigenvalue weighted by atomic mass is 10.1. The number of nitrogens with zero attached hydrogens (tertiary/aromatic N) is 3. The summed E-state index contributed by atoms with van der Waals surface area (Å²) in [7, 11) is 0. The maximum Gasteiger partial charge on any atom is 0.242 e. The fourth-order valence-electron chi connectivity index (χ4n) is 2.15. The lowest BCUT2D eigenvalue weighted by molar-refractivity contribution is -0.123. The highest BCUT2D eigenvalue weighted by Crippen LogP contribution is 2.25. The molecule has 0 bridgehead atoms. The third kappa shape index (κ3) is 2.31. The van der Waals surface area contributed by atoms with E-state index in [1.165, 1.54) is 0 Å². The Hall–Kier alpha value is -1.95. The first-order valence-corrected chi connectivity index (χ1v) is 6.43. The van der Waals surface area contributed by atoms with Crippen LogP contribution in [0.1, 0.15) is 12.8 Å². The van der Waals surface area contributed by atoms with Gasteiger partial charge in [-0.2, -0.15) is 0 Å². The second kappa shape index (κ2) is 4.97. The predicted octanol–water partition coefficient (Wildman–Crippen LogP) is 1.37. The average molecular weight is 278 g/mol. The lowest BCUT2D eigenvalue weighted by Crippen LogP contribution is -2.44. The maximum absolute atomic E-state index is 11.7. The number of rotatable bonds is 2. The number of amides is 1. The number of halogens is 1. The Morgan fingerprint density at radius 2 is 2.26 bits per heavy atom. The summed E-state index contributed by atoms with van der Waals surface area (Å²) in [5.74, 6) is 0.523. The van der Waals surface area contributed by atoms with E-state index in [-0.39, 0.29) is 11.9 Å². The number of anilines is 1. The molecule has 0 radical (unpaired) electrons. The van der Waals surface area contributed by atoms with Gasteiger partial charge in [-0.25, -0.2) is 0 Å². The quantitative estimate of drug-likeness (QED) is 0.867. The first-order chi connectivity index (χ1) is 9.25. The van der Waals surface area contributed by atoms with Gasteiger partial charge in [-0.3, -0.25) is 9.78 Å². The van der Waals surface area contributed by atoms with Crippen LogP contribution in [0.3, 0.4) is 0 Å². The fraction of sp³-hybridized carbons (Fsp3) is 0.333. The van der Waals surface area contributed by atoms with Crippen molar-refractivity contribution in [2.75, 3.05) is 11.9 Å². The number of pyridine rings is 1. The van der Waals surface area contributed by atoms with E-state index in [9.17, 15) is 4.79 Å². The van der Waals surface area contributed by atoms with E-state index in [1.807, 2.05) is 0 Å². The summed E-state index contributed by atoms with van der Waals surface area (Å²) in [6, 6.07) is 1.49. The summed E-state index contributed by atoms with van der Waals surface area (Å²) in [5, 5.41) is 15.7. The number of aromatic nitrogens is 3. The molecule has 2 N–H and O–H groups in total. The summed E-state index contributed by atoms with van der Waals surface area (Å²) in [5.41, 5.74) is 0. The van der Waals surface area contributed by atoms with E-state index in [2.05, 4.69) is 25.8 Å². The highest BCUT2D eigenvalue weighted by Gasteiger charge is 2.23. The highest BCUT2D eigenvalue weighted by molar-refractivity contribution is 6.34. The maximum atomic E-state index is 11.7. The zero-order valence-electron chi connectivity index (χ0n) is 10.1. The molecule has 1 unspecified atom stereocenters. The third-order valence-corrected chi connectivity index (χ3v) is 3.41. The molecule has 2 aromatic heterocycles. The van der Waals surface area contributed by atoms with Crippen molar-refractivity contribution < 1.29 is 4.79 Å². The standard InChI is InChI=1S/C12H12ClN5O/c13-10-7-3-5-14-6-8(7)11(18-17-10)16-9-2-1-4-15-12(9)19/h3,5-6,9H,1-2,4H2,(H,15,19)(H,16,18). The number of carbonyl (C=O) groups excluding carboxylic acids is 1. The summed E-state index contributed by atoms with van der Waals surface area (Å²) >= 11 is 5.99. The van der Waals surface area contributed by atoms with Gasteiger partial charge in [0.15, 0.2) is 11.0 Å². The molecular weight excluding hydrogens is 266 g/mol. The largest absolute Gasteiger partial charge is 0.356 e. The first-order valence-electron chi connectivity index (χ1n) is 6.06. The molecule has 1 aliphatic heterocycles. The average Bonchev–Trinajstić information content (AvgIpc) is 2.44. The summed E-state index contributed by atoms with van der Waals surface area (Å²) in [4.78, 5) is 15.8. The molecule has 1 atom stereocenters. The SMILES string of the molecule is O=C1NCCCC1Nc1nnc(Cl)c2ccncc12. The Morgan fingerprint density at radius 1 is 1.37 bits per heavy atom. The second-order valence-corrected chi connectivity index (χ2v) is 4.75. The fourth-order valence-corrected chi connectivity index (χ4v) is 2.35. The number of fused-ring (bicyclic) bond motifs is 1. The van der Waals surface area contributed by atoms with Crippen LogP contribution in [0.5, 0.6) is 0 Å². The van der Waals surface area contributed by atoms with Crippen LogP contribution in [0.4, 0.5) is 5.82 Å². The smallest absolute Gasteiger partial charge is 0.242 e. The molecule has 3 heterocycles. The van der Waals surface area contributed by atoms with Gasteiger partial charge in [-0.1, -0.05) is 11.6 Å². The normalized spacial score (nSPS) is 19.2. The number of nitrogens with one attached hydrogen (secondary N) is 2. The molecule has 0 saturated carbocycles. The van der Waals surface area contributed by atoms with E-state index < -0.39 is 0 Å². The van der Waals surface area contributed by atoms with Crippen molar-refractivity contribution in [3.63, 3.8) is 0 Å². The van der Waals surface area contributed by atoms with E-state index >= 15 is 0 Å². The van der Waals surface area contributed by atoms with Crippen LogP contribution in [-0.4, -0.2) is 33.7 Å². The van der Waals surface area contributed by atoms with Gasteiger partial charge in [0, 0.05) is 29.7 Å². The molecule has 6 nitrogen and oxygen atoms in total. The van der Waals surface area contributed by atoms with Gasteiger partial charge in [-0.15, -0.1) is 10.2 Å². The second-order valence-electron chi connectivity index (χ2n) is 4.39. The summed E-state index contributed by atoms with van der Waals surface area (Å²) < 4.78 is 0. The third-order valence-electron chi connectivity index (χ3n) is 3.13. The Balaban J connectivity index is 1.97. The van der Waals surface area contributed by atoms with Crippen LogP contribution in [0.2, 0.25) is 5.15 Å². The first kappa shape index (κ1) is 12.1. The van der Waals surface area contributed by atoms with Crippen LogP contribution in [0.25, 0.3) is 10.8 Å². The van der Waals surface area contributed by atoms with Gasteiger partial charge in [0.25, 0.3) is 0 Å². The number of hydrogen-bond acceptors (Lipinski definition) is 5. The lowest BCUT2D eigenvalue weighted by Gasteiger charge is -2.23. The molecule has 98 valence electrons. The van der Waals surface area contributed by atoms with Gasteiger partial charge >= 0.3 is 0 Å². The Bertz CT molecular complexity index is 633. The molecule has 19 heavy (non-hydrogen) atoms. The minimum atomic E-state index is -0.285. The number of piperidine rings is 1. The molecule has 3 rings (SSSR count). The van der Waals surface area contributed by atoms with Crippen LogP contribution < -0.4 is 10.6 Å². The van der Waals surface area contributed by atoms with Gasteiger partial charge in [0.1, 0.15) is 6.04 Å². The zero-order valence-corrected chi connectivity index (χ0v) is 10.8. The van der Waals surface area contributed by atoms with Gasteiger partial charge in [0.2, 0.25) is 5.91 Å². The van der Waals surface area contributed by atoms with Crippen LogP contribution in [-0.2, 0) is 4.79 Å². The van der Waals surface area contributed by atoms with Crippen LogP contribution in [0.15, 0.2) is 18.5 Å². The molecule has 7 heteroatoms. The molecule has 0 aliphatic carbocycles. The molecule has 1 amide bonds. The van der Waals surface area contributed by atoms with E-state index in [0.717, 1.165) is 30.2 Å². The van der Waals surface area contributed by atoms with Crippen molar-refractivity contribution in [3.05, 3.63) is 23.6 Å². The molecule has 1 saturated heterocycles. The zero-order chi connectivity index (χ0) is 13.2. The van der Waals surface area contributed by atoms with Crippen molar-refractivity contribution in [3.8, 4) is 0 Å². The Morgan fingerprint density at radius 3 is 3.11 bits per heavy atom. The number of hydrogen-bond donors (Lipinski definition) is 2. The molecule has 1 fully saturated rings. The minimum Gasteiger partial charge on any atom is -0.356 e. The van der Waals surface area contributed by atoms with Gasteiger partial charge < -0.3 is 10.6 Å². The van der Waals surface area contributed by atoms with Crippen molar-refractivity contribution >= 4 is 34.1 Å². The minimum absolute atomic E-state index is 0.0139. The Kier molecular flexibility index (Phi) is 3.16.